The second-order valence-electron chi connectivity index (χ2n) is 9.89. The van der Waals surface area contributed by atoms with Gasteiger partial charge in [-0.15, -0.1) is 0 Å². The topological polar surface area (TPSA) is 78.9 Å². The van der Waals surface area contributed by atoms with E-state index >= 15 is 0 Å². The van der Waals surface area contributed by atoms with Gasteiger partial charge in [0.15, 0.2) is 0 Å². The van der Waals surface area contributed by atoms with Crippen molar-refractivity contribution in [2.24, 2.45) is 0 Å². The largest absolute Gasteiger partial charge is 0.480 e. The summed E-state index contributed by atoms with van der Waals surface area (Å²) >= 11 is 3.46. The van der Waals surface area contributed by atoms with Gasteiger partial charge in [0.25, 0.3) is 5.91 Å². The van der Waals surface area contributed by atoms with Crippen molar-refractivity contribution in [3.63, 3.8) is 0 Å². The summed E-state index contributed by atoms with van der Waals surface area (Å²) in [6.45, 7) is 1.77. The van der Waals surface area contributed by atoms with Crippen LogP contribution in [0.3, 0.4) is 0 Å². The molecule has 0 saturated carbocycles. The van der Waals surface area contributed by atoms with Crippen LogP contribution in [0, 0.1) is 0 Å². The number of para-hydroxylation sites is 2. The molecule has 7 heteroatoms. The van der Waals surface area contributed by atoms with Crippen molar-refractivity contribution < 1.29 is 19.4 Å². The zero-order valence-electron chi connectivity index (χ0n) is 22.1. The van der Waals surface area contributed by atoms with E-state index in [1.54, 1.807) is 6.07 Å². The van der Waals surface area contributed by atoms with Crippen molar-refractivity contribution in [3.05, 3.63) is 113 Å². The minimum atomic E-state index is -1.08. The van der Waals surface area contributed by atoms with Gasteiger partial charge in [0.05, 0.1) is 5.56 Å². The molecule has 5 rings (SSSR count). The molecule has 4 aromatic rings. The van der Waals surface area contributed by atoms with Crippen LogP contribution in [0.15, 0.2) is 102 Å². The van der Waals surface area contributed by atoms with Gasteiger partial charge in [-0.3, -0.25) is 4.79 Å². The Bertz CT molecular complexity index is 1470. The summed E-state index contributed by atoms with van der Waals surface area (Å²) in [5.74, 6) is 0.0163. The molecule has 0 bridgehead atoms. The van der Waals surface area contributed by atoms with Crippen molar-refractivity contribution in [1.29, 1.82) is 0 Å². The van der Waals surface area contributed by atoms with E-state index in [0.29, 0.717) is 5.56 Å². The highest BCUT2D eigenvalue weighted by atomic mass is 79.9. The van der Waals surface area contributed by atoms with Crippen LogP contribution >= 0.6 is 15.9 Å². The molecule has 0 aliphatic carbocycles. The fourth-order valence-corrected chi connectivity index (χ4v) is 5.36. The zero-order chi connectivity index (χ0) is 27.9. The number of anilines is 1. The fraction of sp³-hybridized carbons (Fsp3) is 0.212. The van der Waals surface area contributed by atoms with Crippen molar-refractivity contribution in [1.82, 2.24) is 5.32 Å². The van der Waals surface area contributed by atoms with Gasteiger partial charge >= 0.3 is 5.97 Å². The molecule has 1 aliphatic heterocycles. The number of ether oxygens (including phenoxy) is 1. The standard InChI is InChI=1S/C33H31BrN2O4/c34-25-17-18-30(36-19-7-2-8-20-36)28(22-25)32(37)35-29(33(38)39)21-23-13-15-24(16-14-23)27-11-5-6-12-31(27)40-26-9-3-1-4-10-26/h1,3-6,9-18,22,29H,2,7-8,19-21H2,(H,35,37)(H,38,39). The van der Waals surface area contributed by atoms with E-state index in [9.17, 15) is 14.7 Å². The first-order valence-electron chi connectivity index (χ1n) is 13.5. The third-order valence-electron chi connectivity index (χ3n) is 7.07. The molecule has 2 N–H and O–H groups in total. The summed E-state index contributed by atoms with van der Waals surface area (Å²) in [6.07, 6.45) is 3.50. The fourth-order valence-electron chi connectivity index (χ4n) is 5.00. The molecule has 0 radical (unpaired) electrons. The second kappa shape index (κ2) is 12.8. The summed E-state index contributed by atoms with van der Waals surface area (Å²) in [5, 5.41) is 12.7. The van der Waals surface area contributed by atoms with E-state index in [1.165, 1.54) is 6.42 Å². The number of carbonyl (C=O) groups excluding carboxylic acids is 1. The molecule has 1 atom stereocenters. The Labute approximate surface area is 242 Å². The summed E-state index contributed by atoms with van der Waals surface area (Å²) in [4.78, 5) is 27.7. The Morgan fingerprint density at radius 2 is 1.57 bits per heavy atom. The highest BCUT2D eigenvalue weighted by Gasteiger charge is 2.25. The van der Waals surface area contributed by atoms with Crippen LogP contribution in [0.1, 0.15) is 35.2 Å². The van der Waals surface area contributed by atoms with Crippen molar-refractivity contribution in [3.8, 4) is 22.6 Å². The number of carbonyl (C=O) groups is 2. The van der Waals surface area contributed by atoms with E-state index in [2.05, 4.69) is 26.1 Å². The normalized spacial score (nSPS) is 13.9. The molecule has 0 spiro atoms. The number of piperidine rings is 1. The maximum absolute atomic E-state index is 13.4. The van der Waals surface area contributed by atoms with Gasteiger partial charge in [-0.1, -0.05) is 76.6 Å². The van der Waals surface area contributed by atoms with E-state index in [1.807, 2.05) is 91.0 Å². The van der Waals surface area contributed by atoms with Crippen molar-refractivity contribution in [2.45, 2.75) is 31.7 Å². The highest BCUT2D eigenvalue weighted by molar-refractivity contribution is 9.10. The predicted molar refractivity (Wildman–Crippen MR) is 161 cm³/mol. The van der Waals surface area contributed by atoms with E-state index in [0.717, 1.165) is 64.3 Å². The Morgan fingerprint density at radius 1 is 0.875 bits per heavy atom. The van der Waals surface area contributed by atoms with Gasteiger partial charge in [-0.05, 0) is 66.8 Å². The number of carboxylic acid groups (broad SMARTS) is 1. The number of hydrogen-bond donors (Lipinski definition) is 2. The smallest absolute Gasteiger partial charge is 0.326 e. The molecule has 1 fully saturated rings. The number of carboxylic acids is 1. The van der Waals surface area contributed by atoms with Gasteiger partial charge in [0, 0.05) is 35.2 Å². The second-order valence-corrected chi connectivity index (χ2v) is 10.8. The first-order valence-corrected chi connectivity index (χ1v) is 14.3. The molecule has 1 unspecified atom stereocenters. The number of benzene rings is 4. The van der Waals surface area contributed by atoms with E-state index in [4.69, 9.17) is 4.74 Å². The Morgan fingerprint density at radius 3 is 2.30 bits per heavy atom. The Balaban J connectivity index is 1.31. The van der Waals surface area contributed by atoms with Gasteiger partial charge in [0.1, 0.15) is 17.5 Å². The molecule has 1 heterocycles. The van der Waals surface area contributed by atoms with Crippen molar-refractivity contribution >= 4 is 33.5 Å². The van der Waals surface area contributed by atoms with Crippen molar-refractivity contribution in [2.75, 3.05) is 18.0 Å². The molecule has 0 aromatic heterocycles. The molecule has 1 saturated heterocycles. The monoisotopic (exact) mass is 598 g/mol. The molecule has 1 amide bonds. The molecule has 1 aliphatic rings. The molecule has 204 valence electrons. The van der Waals surface area contributed by atoms with E-state index < -0.39 is 17.9 Å². The lowest BCUT2D eigenvalue weighted by Crippen LogP contribution is -2.43. The molecular formula is C33H31BrN2O4. The lowest BCUT2D eigenvalue weighted by atomic mass is 9.99. The van der Waals surface area contributed by atoms with E-state index in [-0.39, 0.29) is 6.42 Å². The van der Waals surface area contributed by atoms with Crippen LogP contribution in [-0.4, -0.2) is 36.1 Å². The Hall–Kier alpha value is -4.10. The quantitative estimate of drug-likeness (QED) is 0.211. The van der Waals surface area contributed by atoms with Gasteiger partial charge in [-0.2, -0.15) is 0 Å². The summed E-state index contributed by atoms with van der Waals surface area (Å²) in [5.41, 5.74) is 4.01. The van der Waals surface area contributed by atoms with Crippen LogP contribution in [0.25, 0.3) is 11.1 Å². The number of halogens is 1. The maximum Gasteiger partial charge on any atom is 0.326 e. The van der Waals surface area contributed by atoms with Crippen LogP contribution in [0.4, 0.5) is 5.69 Å². The van der Waals surface area contributed by atoms with Crippen LogP contribution < -0.4 is 15.0 Å². The SMILES string of the molecule is O=C(NC(Cc1ccc(-c2ccccc2Oc2ccccc2)cc1)C(=O)O)c1cc(Br)ccc1N1CCCCC1. The Kier molecular flexibility index (Phi) is 8.81. The molecule has 40 heavy (non-hydrogen) atoms. The average Bonchev–Trinajstić information content (AvgIpc) is 2.98. The number of rotatable bonds is 9. The number of nitrogens with zero attached hydrogens (tertiary/aromatic N) is 1. The predicted octanol–water partition coefficient (Wildman–Crippen LogP) is 7.32. The van der Waals surface area contributed by atoms with Gasteiger partial charge in [-0.25, -0.2) is 4.79 Å². The minimum Gasteiger partial charge on any atom is -0.480 e. The van der Waals surface area contributed by atoms with Crippen LogP contribution in [0.2, 0.25) is 0 Å². The van der Waals surface area contributed by atoms with Crippen LogP contribution in [0.5, 0.6) is 11.5 Å². The summed E-state index contributed by atoms with van der Waals surface area (Å²) < 4.78 is 6.88. The van der Waals surface area contributed by atoms with Gasteiger partial charge in [0.2, 0.25) is 0 Å². The molecule has 6 nitrogen and oxygen atoms in total. The first kappa shape index (κ1) is 27.5. The summed E-state index contributed by atoms with van der Waals surface area (Å²) in [7, 11) is 0. The molecular weight excluding hydrogens is 568 g/mol. The average molecular weight is 600 g/mol. The number of aliphatic carboxylic acids is 1. The maximum atomic E-state index is 13.4. The zero-order valence-corrected chi connectivity index (χ0v) is 23.6. The third kappa shape index (κ3) is 6.72. The number of amides is 1. The number of nitrogens with one attached hydrogen (secondary N) is 1. The lowest BCUT2D eigenvalue weighted by molar-refractivity contribution is -0.139. The summed E-state index contributed by atoms with van der Waals surface area (Å²) in [6, 6.07) is 29.6. The highest BCUT2D eigenvalue weighted by Crippen LogP contribution is 2.33. The molecule has 4 aromatic carbocycles. The number of hydrogen-bond acceptors (Lipinski definition) is 4. The van der Waals surface area contributed by atoms with Crippen LogP contribution in [-0.2, 0) is 11.2 Å². The first-order chi connectivity index (χ1) is 19.5. The lowest BCUT2D eigenvalue weighted by Gasteiger charge is -2.30. The third-order valence-corrected chi connectivity index (χ3v) is 7.56. The van der Waals surface area contributed by atoms with Gasteiger partial charge < -0.3 is 20.1 Å². The minimum absolute atomic E-state index is 0.163.